The highest BCUT2D eigenvalue weighted by atomic mass is 79.9. The first-order valence-electron chi connectivity index (χ1n) is 7.63. The van der Waals surface area contributed by atoms with Crippen molar-refractivity contribution in [3.8, 4) is 0 Å². The largest absolute Gasteiger partial charge is 0.481 e. The Morgan fingerprint density at radius 2 is 1.88 bits per heavy atom. The Bertz CT molecular complexity index is 820. The van der Waals surface area contributed by atoms with Crippen LogP contribution in [0, 0.1) is 34.8 Å². The Morgan fingerprint density at radius 3 is 2.42 bits per heavy atom. The van der Waals surface area contributed by atoms with Crippen molar-refractivity contribution in [3.05, 3.63) is 46.0 Å². The number of nitrogens with two attached hydrogens (primary N) is 1. The van der Waals surface area contributed by atoms with E-state index in [-0.39, 0.29) is 15.5 Å². The predicted octanol–water partition coefficient (Wildman–Crippen LogP) is 2.75. The minimum atomic E-state index is -1.77. The second-order valence-corrected chi connectivity index (χ2v) is 7.75. The fraction of sp³-hybridized carbons (Fsp3) is 0.412. The molecule has 3 aliphatic carbocycles. The van der Waals surface area contributed by atoms with Gasteiger partial charge in [-0.1, -0.05) is 18.2 Å². The smallest absolute Gasteiger partial charge is 0.308 e. The lowest BCUT2D eigenvalue weighted by Gasteiger charge is -2.38. The predicted molar refractivity (Wildman–Crippen MR) is 83.8 cm³/mol. The van der Waals surface area contributed by atoms with E-state index in [0.717, 1.165) is 12.8 Å². The summed E-state index contributed by atoms with van der Waals surface area (Å²) in [7, 11) is 0. The van der Waals surface area contributed by atoms with Crippen LogP contribution in [-0.4, -0.2) is 17.0 Å². The van der Waals surface area contributed by atoms with Gasteiger partial charge < -0.3 is 10.8 Å². The molecule has 126 valence electrons. The first kappa shape index (κ1) is 15.7. The summed E-state index contributed by atoms with van der Waals surface area (Å²) in [6.45, 7) is 0. The Kier molecular flexibility index (Phi) is 3.05. The zero-order chi connectivity index (χ0) is 17.4. The number of halogens is 3. The molecule has 2 bridgehead atoms. The van der Waals surface area contributed by atoms with E-state index in [1.54, 1.807) is 12.2 Å². The minimum Gasteiger partial charge on any atom is -0.481 e. The van der Waals surface area contributed by atoms with E-state index in [1.807, 2.05) is 0 Å². The summed E-state index contributed by atoms with van der Waals surface area (Å²) in [6, 6.07) is 2.56. The molecule has 2 saturated carbocycles. The molecule has 0 unspecified atom stereocenters. The molecule has 4 atom stereocenters. The Hall–Kier alpha value is -1.76. The SMILES string of the molecule is NC(=O)[C@@]1(c2ccc(Br)c(F)c2F)[C@H](C(=O)O)[C@H]2C=C[C@H]1C21CC1. The Labute approximate surface area is 144 Å². The number of carboxylic acid groups (broad SMARTS) is 1. The van der Waals surface area contributed by atoms with E-state index in [0.29, 0.717) is 0 Å². The van der Waals surface area contributed by atoms with Crippen LogP contribution in [0.5, 0.6) is 0 Å². The number of primary amides is 1. The van der Waals surface area contributed by atoms with Gasteiger partial charge in [-0.15, -0.1) is 0 Å². The third-order valence-corrected chi connectivity index (χ3v) is 6.73. The topological polar surface area (TPSA) is 80.4 Å². The number of rotatable bonds is 3. The number of benzene rings is 1. The van der Waals surface area contributed by atoms with Gasteiger partial charge in [0.1, 0.15) is 0 Å². The summed E-state index contributed by atoms with van der Waals surface area (Å²) in [5.74, 6) is -6.59. The van der Waals surface area contributed by atoms with Crippen LogP contribution in [0.25, 0.3) is 0 Å². The molecule has 0 heterocycles. The van der Waals surface area contributed by atoms with Crippen molar-refractivity contribution < 1.29 is 23.5 Å². The highest BCUT2D eigenvalue weighted by Gasteiger charge is 2.77. The van der Waals surface area contributed by atoms with E-state index in [2.05, 4.69) is 15.9 Å². The normalized spacial score (nSPS) is 34.7. The summed E-state index contributed by atoms with van der Waals surface area (Å²) in [6.07, 6.45) is 5.08. The van der Waals surface area contributed by atoms with Gasteiger partial charge in [0.25, 0.3) is 0 Å². The summed E-state index contributed by atoms with van der Waals surface area (Å²) in [4.78, 5) is 24.5. The molecule has 1 spiro atoms. The van der Waals surface area contributed by atoms with Crippen molar-refractivity contribution in [1.29, 1.82) is 0 Å². The standard InChI is InChI=1S/C17H14BrF2NO3/c18-9-3-1-8(12(19)13(9)20)17(15(21)24)10-4-2-7(11(17)14(22)23)16(10)5-6-16/h1-4,7,10-11H,5-6H2,(H2,21,24)(H,22,23)/t7-,10+,11+,17-/m1/s1. The van der Waals surface area contributed by atoms with Crippen molar-refractivity contribution in [1.82, 2.24) is 0 Å². The van der Waals surface area contributed by atoms with Gasteiger partial charge in [0.05, 0.1) is 15.8 Å². The molecule has 0 aliphatic heterocycles. The summed E-state index contributed by atoms with van der Waals surface area (Å²) in [5, 5.41) is 9.79. The average molecular weight is 398 g/mol. The van der Waals surface area contributed by atoms with Gasteiger partial charge in [-0.05, 0) is 46.2 Å². The highest BCUT2D eigenvalue weighted by Crippen LogP contribution is 2.76. The zero-order valence-electron chi connectivity index (χ0n) is 12.4. The lowest BCUT2D eigenvalue weighted by Crippen LogP contribution is -2.53. The maximum atomic E-state index is 14.7. The lowest BCUT2D eigenvalue weighted by molar-refractivity contribution is -0.149. The van der Waals surface area contributed by atoms with Crippen molar-refractivity contribution in [2.75, 3.05) is 0 Å². The maximum Gasteiger partial charge on any atom is 0.308 e. The van der Waals surface area contributed by atoms with E-state index in [1.165, 1.54) is 12.1 Å². The Balaban J connectivity index is 2.04. The van der Waals surface area contributed by atoms with E-state index < -0.39 is 46.7 Å². The molecule has 7 heteroatoms. The fourth-order valence-corrected chi connectivity index (χ4v) is 5.41. The van der Waals surface area contributed by atoms with Crippen molar-refractivity contribution >= 4 is 27.8 Å². The second-order valence-electron chi connectivity index (χ2n) is 6.89. The molecule has 4 rings (SSSR count). The van der Waals surface area contributed by atoms with E-state index in [4.69, 9.17) is 5.73 Å². The third kappa shape index (κ3) is 1.56. The third-order valence-electron chi connectivity index (χ3n) is 6.12. The van der Waals surface area contributed by atoms with Crippen LogP contribution in [0.3, 0.4) is 0 Å². The molecule has 1 aromatic carbocycles. The first-order valence-corrected chi connectivity index (χ1v) is 8.42. The number of carboxylic acids is 1. The molecule has 4 nitrogen and oxygen atoms in total. The van der Waals surface area contributed by atoms with Gasteiger partial charge in [-0.2, -0.15) is 0 Å². The molecular formula is C17H14BrF2NO3. The number of carbonyl (C=O) groups is 2. The average Bonchev–Trinajstić information content (AvgIpc) is 3.18. The van der Waals surface area contributed by atoms with E-state index in [9.17, 15) is 23.5 Å². The number of allylic oxidation sites excluding steroid dienone is 2. The molecule has 0 radical (unpaired) electrons. The lowest BCUT2D eigenvalue weighted by atomic mass is 9.63. The number of carbonyl (C=O) groups excluding carboxylic acids is 1. The summed E-state index contributed by atoms with van der Waals surface area (Å²) >= 11 is 2.90. The van der Waals surface area contributed by atoms with Gasteiger partial charge >= 0.3 is 5.97 Å². The van der Waals surface area contributed by atoms with Crippen LogP contribution in [0.2, 0.25) is 0 Å². The maximum absolute atomic E-state index is 14.7. The fourth-order valence-electron chi connectivity index (χ4n) is 5.10. The minimum absolute atomic E-state index is 0.0879. The number of amides is 1. The summed E-state index contributed by atoms with van der Waals surface area (Å²) < 4.78 is 28.8. The first-order chi connectivity index (χ1) is 11.3. The van der Waals surface area contributed by atoms with Crippen molar-refractivity contribution in [3.63, 3.8) is 0 Å². The zero-order valence-corrected chi connectivity index (χ0v) is 14.0. The van der Waals surface area contributed by atoms with Crippen molar-refractivity contribution in [2.24, 2.45) is 28.9 Å². The van der Waals surface area contributed by atoms with Gasteiger partial charge in [-0.25, -0.2) is 8.78 Å². The summed E-state index contributed by atoms with van der Waals surface area (Å²) in [5.41, 5.74) is 3.25. The number of hydrogen-bond donors (Lipinski definition) is 2. The molecule has 0 aromatic heterocycles. The second kappa shape index (κ2) is 4.65. The number of aliphatic carboxylic acids is 1. The van der Waals surface area contributed by atoms with Crippen molar-refractivity contribution in [2.45, 2.75) is 18.3 Å². The highest BCUT2D eigenvalue weighted by molar-refractivity contribution is 9.10. The van der Waals surface area contributed by atoms with Crippen LogP contribution in [0.15, 0.2) is 28.8 Å². The van der Waals surface area contributed by atoms with Crippen LogP contribution < -0.4 is 5.73 Å². The monoisotopic (exact) mass is 397 g/mol. The molecule has 1 aromatic rings. The van der Waals surface area contributed by atoms with Gasteiger partial charge in [0, 0.05) is 11.5 Å². The molecule has 1 amide bonds. The van der Waals surface area contributed by atoms with Crippen LogP contribution in [0.1, 0.15) is 18.4 Å². The van der Waals surface area contributed by atoms with Gasteiger partial charge in [0.2, 0.25) is 5.91 Å². The molecule has 3 N–H and O–H groups in total. The molecule has 24 heavy (non-hydrogen) atoms. The van der Waals surface area contributed by atoms with Crippen LogP contribution >= 0.6 is 15.9 Å². The van der Waals surface area contributed by atoms with Crippen LogP contribution in [-0.2, 0) is 15.0 Å². The number of hydrogen-bond acceptors (Lipinski definition) is 2. The van der Waals surface area contributed by atoms with Gasteiger partial charge in [0.15, 0.2) is 11.6 Å². The van der Waals surface area contributed by atoms with Crippen LogP contribution in [0.4, 0.5) is 8.78 Å². The van der Waals surface area contributed by atoms with Gasteiger partial charge in [-0.3, -0.25) is 9.59 Å². The van der Waals surface area contributed by atoms with E-state index >= 15 is 0 Å². The molecular weight excluding hydrogens is 384 g/mol. The molecule has 3 aliphatic rings. The molecule has 2 fully saturated rings. The Morgan fingerprint density at radius 1 is 1.21 bits per heavy atom. The quantitative estimate of drug-likeness (QED) is 0.607. The molecule has 0 saturated heterocycles.